The smallest absolute Gasteiger partial charge is 0.227 e. The molecule has 5 nitrogen and oxygen atoms in total. The van der Waals surface area contributed by atoms with Gasteiger partial charge in [0.15, 0.2) is 0 Å². The molecular weight excluding hydrogens is 192 g/mol. The fourth-order valence-electron chi connectivity index (χ4n) is 1.21. The van der Waals surface area contributed by atoms with E-state index in [0.29, 0.717) is 11.6 Å². The molecule has 0 unspecified atom stereocenters. The van der Waals surface area contributed by atoms with Crippen LogP contribution < -0.4 is 10.2 Å². The van der Waals surface area contributed by atoms with Crippen molar-refractivity contribution in [3.63, 3.8) is 0 Å². The molecule has 1 aromatic rings. The van der Waals surface area contributed by atoms with Gasteiger partial charge in [0.05, 0.1) is 18.1 Å². The molecule has 0 bridgehead atoms. The molecular formula is C10H14N4O. The summed E-state index contributed by atoms with van der Waals surface area (Å²) in [5, 5.41) is 2.79. The van der Waals surface area contributed by atoms with Crippen LogP contribution in [0.1, 0.15) is 12.8 Å². The number of rotatable bonds is 3. The first-order valence-corrected chi connectivity index (χ1v) is 4.97. The maximum atomic E-state index is 11.4. The zero-order valence-electron chi connectivity index (χ0n) is 8.90. The van der Waals surface area contributed by atoms with Crippen molar-refractivity contribution in [2.45, 2.75) is 12.8 Å². The van der Waals surface area contributed by atoms with Gasteiger partial charge in [-0.3, -0.25) is 4.79 Å². The molecule has 0 aliphatic heterocycles. The molecule has 80 valence electrons. The molecule has 15 heavy (non-hydrogen) atoms. The summed E-state index contributed by atoms with van der Waals surface area (Å²) in [4.78, 5) is 21.5. The molecule has 1 saturated carbocycles. The Morgan fingerprint density at radius 2 is 2.00 bits per heavy atom. The molecule has 1 heterocycles. The second-order valence-electron chi connectivity index (χ2n) is 3.93. The average molecular weight is 206 g/mol. The lowest BCUT2D eigenvalue weighted by atomic mass is 10.4. The number of hydrogen-bond acceptors (Lipinski definition) is 4. The predicted octanol–water partition coefficient (Wildman–Crippen LogP) is 0.891. The summed E-state index contributed by atoms with van der Waals surface area (Å²) in [6.45, 7) is 0. The van der Waals surface area contributed by atoms with Crippen molar-refractivity contribution in [2.75, 3.05) is 24.3 Å². The van der Waals surface area contributed by atoms with E-state index in [4.69, 9.17) is 0 Å². The first-order chi connectivity index (χ1) is 7.16. The summed E-state index contributed by atoms with van der Waals surface area (Å²) in [5.74, 6) is 0.925. The van der Waals surface area contributed by atoms with E-state index in [1.807, 2.05) is 19.0 Å². The fraction of sp³-hybridized carbons (Fsp3) is 0.500. The van der Waals surface area contributed by atoms with Crippen molar-refractivity contribution in [2.24, 2.45) is 5.92 Å². The molecule has 1 amide bonds. The average Bonchev–Trinajstić information content (AvgIpc) is 3.01. The van der Waals surface area contributed by atoms with Gasteiger partial charge in [-0.25, -0.2) is 9.97 Å². The van der Waals surface area contributed by atoms with Gasteiger partial charge < -0.3 is 10.2 Å². The molecule has 0 radical (unpaired) electrons. The van der Waals surface area contributed by atoms with Crippen LogP contribution >= 0.6 is 0 Å². The molecule has 2 rings (SSSR count). The number of carbonyl (C=O) groups is 1. The van der Waals surface area contributed by atoms with E-state index in [0.717, 1.165) is 12.8 Å². The van der Waals surface area contributed by atoms with Gasteiger partial charge in [-0.2, -0.15) is 0 Å². The van der Waals surface area contributed by atoms with Gasteiger partial charge in [-0.15, -0.1) is 0 Å². The Bertz CT molecular complexity index is 356. The first-order valence-electron chi connectivity index (χ1n) is 4.97. The Morgan fingerprint density at radius 3 is 2.47 bits per heavy atom. The Morgan fingerprint density at radius 1 is 1.40 bits per heavy atom. The van der Waals surface area contributed by atoms with Crippen molar-refractivity contribution >= 4 is 17.5 Å². The molecule has 0 aromatic carbocycles. The van der Waals surface area contributed by atoms with Crippen LogP contribution in [-0.2, 0) is 4.79 Å². The number of aromatic nitrogens is 2. The monoisotopic (exact) mass is 206 g/mol. The molecule has 0 atom stereocenters. The highest BCUT2D eigenvalue weighted by Crippen LogP contribution is 2.29. The van der Waals surface area contributed by atoms with E-state index in [2.05, 4.69) is 15.3 Å². The highest BCUT2D eigenvalue weighted by Gasteiger charge is 2.29. The number of hydrogen-bond donors (Lipinski definition) is 1. The Labute approximate surface area is 88.5 Å². The summed E-state index contributed by atoms with van der Waals surface area (Å²) in [6.07, 6.45) is 5.26. The van der Waals surface area contributed by atoms with Gasteiger partial charge in [-0.1, -0.05) is 0 Å². The predicted molar refractivity (Wildman–Crippen MR) is 57.7 cm³/mol. The zero-order valence-corrected chi connectivity index (χ0v) is 8.90. The van der Waals surface area contributed by atoms with Gasteiger partial charge in [-0.05, 0) is 12.8 Å². The number of carbonyl (C=O) groups excluding carboxylic acids is 1. The lowest BCUT2D eigenvalue weighted by Gasteiger charge is -2.10. The van der Waals surface area contributed by atoms with E-state index < -0.39 is 0 Å². The van der Waals surface area contributed by atoms with Crippen molar-refractivity contribution in [1.29, 1.82) is 0 Å². The van der Waals surface area contributed by atoms with Crippen LogP contribution in [0.3, 0.4) is 0 Å². The van der Waals surface area contributed by atoms with Crippen molar-refractivity contribution in [3.05, 3.63) is 12.4 Å². The normalized spacial score (nSPS) is 14.8. The quantitative estimate of drug-likeness (QED) is 0.798. The Hall–Kier alpha value is -1.65. The van der Waals surface area contributed by atoms with Gasteiger partial charge >= 0.3 is 0 Å². The van der Waals surface area contributed by atoms with Crippen LogP contribution in [0, 0.1) is 5.92 Å². The van der Waals surface area contributed by atoms with E-state index in [9.17, 15) is 4.79 Å². The van der Waals surface area contributed by atoms with Crippen LogP contribution in [0.4, 0.5) is 11.6 Å². The second-order valence-corrected chi connectivity index (χ2v) is 3.93. The van der Waals surface area contributed by atoms with Gasteiger partial charge in [0.25, 0.3) is 0 Å². The molecule has 1 N–H and O–H groups in total. The van der Waals surface area contributed by atoms with Gasteiger partial charge in [0.2, 0.25) is 11.9 Å². The van der Waals surface area contributed by atoms with Crippen LogP contribution in [0.15, 0.2) is 12.4 Å². The standard InChI is InChI=1S/C10H14N4O/c1-14(2)10-11-5-8(6-12-10)13-9(15)7-3-4-7/h5-7H,3-4H2,1-2H3,(H,13,15). The van der Waals surface area contributed by atoms with Crippen LogP contribution in [0.5, 0.6) is 0 Å². The summed E-state index contributed by atoms with van der Waals surface area (Å²) in [6, 6.07) is 0. The lowest BCUT2D eigenvalue weighted by molar-refractivity contribution is -0.117. The summed E-state index contributed by atoms with van der Waals surface area (Å²) < 4.78 is 0. The SMILES string of the molecule is CN(C)c1ncc(NC(=O)C2CC2)cn1. The molecule has 1 aromatic heterocycles. The van der Waals surface area contributed by atoms with Gasteiger partial charge in [0, 0.05) is 20.0 Å². The topological polar surface area (TPSA) is 58.1 Å². The second kappa shape index (κ2) is 3.84. The Balaban J connectivity index is 2.00. The van der Waals surface area contributed by atoms with E-state index >= 15 is 0 Å². The summed E-state index contributed by atoms with van der Waals surface area (Å²) >= 11 is 0. The molecule has 5 heteroatoms. The summed E-state index contributed by atoms with van der Waals surface area (Å²) in [5.41, 5.74) is 0.664. The molecule has 0 saturated heterocycles. The van der Waals surface area contributed by atoms with Crippen molar-refractivity contribution < 1.29 is 4.79 Å². The fourth-order valence-corrected chi connectivity index (χ4v) is 1.21. The third-order valence-corrected chi connectivity index (χ3v) is 2.25. The Kier molecular flexibility index (Phi) is 2.53. The van der Waals surface area contributed by atoms with E-state index in [-0.39, 0.29) is 11.8 Å². The van der Waals surface area contributed by atoms with Crippen LogP contribution in [-0.4, -0.2) is 30.0 Å². The summed E-state index contributed by atoms with van der Waals surface area (Å²) in [7, 11) is 3.75. The minimum Gasteiger partial charge on any atom is -0.347 e. The van der Waals surface area contributed by atoms with Crippen molar-refractivity contribution in [1.82, 2.24) is 9.97 Å². The number of nitrogens with zero attached hydrogens (tertiary/aromatic N) is 3. The third-order valence-electron chi connectivity index (χ3n) is 2.25. The number of amides is 1. The minimum atomic E-state index is 0.0798. The highest BCUT2D eigenvalue weighted by atomic mass is 16.2. The zero-order chi connectivity index (χ0) is 10.8. The van der Waals surface area contributed by atoms with E-state index in [1.54, 1.807) is 12.4 Å². The molecule has 1 aliphatic carbocycles. The van der Waals surface area contributed by atoms with Crippen molar-refractivity contribution in [3.8, 4) is 0 Å². The van der Waals surface area contributed by atoms with E-state index in [1.165, 1.54) is 0 Å². The van der Waals surface area contributed by atoms with Crippen LogP contribution in [0.2, 0.25) is 0 Å². The largest absolute Gasteiger partial charge is 0.347 e. The number of anilines is 2. The maximum absolute atomic E-state index is 11.4. The molecule has 0 spiro atoms. The first kappa shape index (κ1) is 9.89. The third kappa shape index (κ3) is 2.43. The molecule has 1 fully saturated rings. The van der Waals surface area contributed by atoms with Crippen LogP contribution in [0.25, 0.3) is 0 Å². The lowest BCUT2D eigenvalue weighted by Crippen LogP contribution is -2.15. The minimum absolute atomic E-state index is 0.0798. The van der Waals surface area contributed by atoms with Gasteiger partial charge in [0.1, 0.15) is 0 Å². The molecule has 1 aliphatic rings. The number of nitrogens with one attached hydrogen (secondary N) is 1. The highest BCUT2D eigenvalue weighted by molar-refractivity contribution is 5.93. The maximum Gasteiger partial charge on any atom is 0.227 e.